The maximum absolute atomic E-state index is 11.1. The summed E-state index contributed by atoms with van der Waals surface area (Å²) in [6, 6.07) is 1.83. The van der Waals surface area contributed by atoms with E-state index in [0.717, 1.165) is 5.75 Å². The van der Waals surface area contributed by atoms with Gasteiger partial charge in [0.2, 0.25) is 0 Å². The van der Waals surface area contributed by atoms with E-state index < -0.39 is 5.97 Å². The molecule has 3 nitrogen and oxygen atoms in total. The normalized spacial score (nSPS) is 25.2. The summed E-state index contributed by atoms with van der Waals surface area (Å²) in [5, 5.41) is 8.73. The molecule has 1 aliphatic rings. The molecule has 0 N–H and O–H groups in total. The fraction of sp³-hybridized carbons (Fsp3) is 0.500. The lowest BCUT2D eigenvalue weighted by Gasteiger charge is -2.03. The predicted molar refractivity (Wildman–Crippen MR) is 51.4 cm³/mol. The number of carbonyl (C=O) groups excluding carboxylic acids is 1. The molecule has 1 heterocycles. The molecule has 0 spiro atoms. The van der Waals surface area contributed by atoms with E-state index >= 15 is 0 Å². The Morgan fingerprint density at radius 3 is 2.92 bits per heavy atom. The Hall–Kier alpha value is -0.660. The molecular formula is C8H8ClNO2S. The van der Waals surface area contributed by atoms with Crippen LogP contribution in [-0.2, 0) is 9.53 Å². The summed E-state index contributed by atoms with van der Waals surface area (Å²) >= 11 is 7.42. The quantitative estimate of drug-likeness (QED) is 0.290. The second-order valence-corrected chi connectivity index (χ2v) is 4.35. The van der Waals surface area contributed by atoms with Crippen molar-refractivity contribution >= 4 is 29.3 Å². The van der Waals surface area contributed by atoms with E-state index in [-0.39, 0.29) is 10.3 Å². The molecule has 13 heavy (non-hydrogen) atoms. The molecule has 1 aliphatic heterocycles. The third-order valence-corrected chi connectivity index (χ3v) is 3.39. The smallest absolute Gasteiger partial charge is 0.348 e. The van der Waals surface area contributed by atoms with Gasteiger partial charge >= 0.3 is 5.97 Å². The van der Waals surface area contributed by atoms with E-state index in [0.29, 0.717) is 12.0 Å². The highest BCUT2D eigenvalue weighted by Gasteiger charge is 2.26. The van der Waals surface area contributed by atoms with Gasteiger partial charge in [0.15, 0.2) is 0 Å². The molecule has 1 rings (SSSR count). The van der Waals surface area contributed by atoms with Crippen molar-refractivity contribution in [3.63, 3.8) is 0 Å². The lowest BCUT2D eigenvalue weighted by molar-refractivity contribution is -0.135. The summed E-state index contributed by atoms with van der Waals surface area (Å²) in [7, 11) is 1.26. The van der Waals surface area contributed by atoms with Crippen molar-refractivity contribution in [1.29, 1.82) is 5.26 Å². The zero-order chi connectivity index (χ0) is 9.84. The second kappa shape index (κ2) is 4.54. The number of hydrogen-bond donors (Lipinski definition) is 0. The van der Waals surface area contributed by atoms with E-state index in [1.807, 2.05) is 6.07 Å². The van der Waals surface area contributed by atoms with Crippen LogP contribution in [0.1, 0.15) is 6.42 Å². The van der Waals surface area contributed by atoms with E-state index in [9.17, 15) is 4.79 Å². The first-order valence-corrected chi connectivity index (χ1v) is 5.16. The van der Waals surface area contributed by atoms with Gasteiger partial charge in [-0.3, -0.25) is 0 Å². The maximum atomic E-state index is 11.1. The maximum Gasteiger partial charge on any atom is 0.348 e. The van der Waals surface area contributed by atoms with Gasteiger partial charge < -0.3 is 4.74 Å². The average molecular weight is 218 g/mol. The van der Waals surface area contributed by atoms with Gasteiger partial charge in [-0.05, 0) is 17.7 Å². The third kappa shape index (κ3) is 2.17. The van der Waals surface area contributed by atoms with Gasteiger partial charge in [-0.2, -0.15) is 5.26 Å². The second-order valence-electron chi connectivity index (χ2n) is 2.44. The Morgan fingerprint density at radius 1 is 1.85 bits per heavy atom. The molecular weight excluding hydrogens is 210 g/mol. The summed E-state index contributed by atoms with van der Waals surface area (Å²) in [6.45, 7) is 0. The summed E-state index contributed by atoms with van der Waals surface area (Å²) in [5.41, 5.74) is 0.758. The summed E-state index contributed by atoms with van der Waals surface area (Å²) in [5.74, 6) is 0.261. The number of ether oxygens (including phenoxy) is 1. The molecule has 0 aliphatic carbocycles. The molecule has 0 aromatic carbocycles. The van der Waals surface area contributed by atoms with Crippen molar-refractivity contribution in [1.82, 2.24) is 0 Å². The Morgan fingerprint density at radius 2 is 2.54 bits per heavy atom. The van der Waals surface area contributed by atoms with Gasteiger partial charge in [0.1, 0.15) is 16.4 Å². The first-order valence-electron chi connectivity index (χ1n) is 3.67. The van der Waals surface area contributed by atoms with Crippen LogP contribution in [-0.4, -0.2) is 23.5 Å². The standard InChI is InChI=1S/C8H8ClNO2S/c1-12-8(11)6(4-10)5-2-3-13-7(5)9/h7H,2-3H2,1H3/b6-5+. The number of thioether (sulfide) groups is 1. The van der Waals surface area contributed by atoms with Crippen LogP contribution in [0.3, 0.4) is 0 Å². The number of methoxy groups -OCH3 is 1. The van der Waals surface area contributed by atoms with Crippen molar-refractivity contribution in [3.05, 3.63) is 11.1 Å². The molecule has 1 fully saturated rings. The van der Waals surface area contributed by atoms with E-state index in [1.165, 1.54) is 18.9 Å². The highest BCUT2D eigenvalue weighted by atomic mass is 35.5. The summed E-state index contributed by atoms with van der Waals surface area (Å²) in [6.07, 6.45) is 0.691. The number of halogens is 1. The number of nitriles is 1. The van der Waals surface area contributed by atoms with Crippen LogP contribution in [0.15, 0.2) is 11.1 Å². The highest BCUT2D eigenvalue weighted by molar-refractivity contribution is 8.01. The topological polar surface area (TPSA) is 50.1 Å². The molecule has 0 aromatic heterocycles. The first kappa shape index (κ1) is 10.4. The molecule has 0 amide bonds. The van der Waals surface area contributed by atoms with Crippen LogP contribution in [0.4, 0.5) is 0 Å². The SMILES string of the molecule is COC(=O)/C(C#N)=C1\CCSC1Cl. The van der Waals surface area contributed by atoms with Crippen molar-refractivity contribution in [2.75, 3.05) is 12.9 Å². The van der Waals surface area contributed by atoms with E-state index in [4.69, 9.17) is 16.9 Å². The Bertz CT molecular complexity index is 295. The fourth-order valence-electron chi connectivity index (χ4n) is 1.08. The number of hydrogen-bond acceptors (Lipinski definition) is 4. The van der Waals surface area contributed by atoms with Gasteiger partial charge in [-0.1, -0.05) is 0 Å². The first-order chi connectivity index (χ1) is 6.20. The Balaban J connectivity index is 2.98. The van der Waals surface area contributed by atoms with Crippen LogP contribution in [0.5, 0.6) is 0 Å². The fourth-order valence-corrected chi connectivity index (χ4v) is 2.54. The molecule has 0 saturated carbocycles. The molecule has 5 heteroatoms. The minimum atomic E-state index is -0.592. The zero-order valence-corrected chi connectivity index (χ0v) is 8.61. The minimum Gasteiger partial charge on any atom is -0.465 e. The van der Waals surface area contributed by atoms with Crippen LogP contribution in [0.25, 0.3) is 0 Å². The number of esters is 1. The van der Waals surface area contributed by atoms with Gasteiger partial charge in [0.25, 0.3) is 0 Å². The highest BCUT2D eigenvalue weighted by Crippen LogP contribution is 2.36. The van der Waals surface area contributed by atoms with Gasteiger partial charge in [-0.15, -0.1) is 23.4 Å². The monoisotopic (exact) mass is 217 g/mol. The van der Waals surface area contributed by atoms with Crippen molar-refractivity contribution in [2.24, 2.45) is 0 Å². The minimum absolute atomic E-state index is 0.0625. The van der Waals surface area contributed by atoms with Crippen LogP contribution < -0.4 is 0 Å². The van der Waals surface area contributed by atoms with Crippen LogP contribution in [0, 0.1) is 11.3 Å². The number of rotatable bonds is 1. The Kier molecular flexibility index (Phi) is 3.64. The predicted octanol–water partition coefficient (Wildman–Crippen LogP) is 1.68. The zero-order valence-electron chi connectivity index (χ0n) is 7.04. The number of alkyl halides is 1. The molecule has 70 valence electrons. The number of nitrogens with zero attached hydrogens (tertiary/aromatic N) is 1. The van der Waals surface area contributed by atoms with Crippen molar-refractivity contribution < 1.29 is 9.53 Å². The van der Waals surface area contributed by atoms with Gasteiger partial charge in [0.05, 0.1) is 7.11 Å². The van der Waals surface area contributed by atoms with Crippen molar-refractivity contribution in [3.8, 4) is 6.07 Å². The largest absolute Gasteiger partial charge is 0.465 e. The van der Waals surface area contributed by atoms with Crippen LogP contribution >= 0.6 is 23.4 Å². The lowest BCUT2D eigenvalue weighted by atomic mass is 10.1. The molecule has 0 aromatic rings. The van der Waals surface area contributed by atoms with Crippen molar-refractivity contribution in [2.45, 2.75) is 11.1 Å². The molecule has 1 atom stereocenters. The van der Waals surface area contributed by atoms with Crippen LogP contribution in [0.2, 0.25) is 0 Å². The number of carbonyl (C=O) groups is 1. The molecule has 0 radical (unpaired) electrons. The summed E-state index contributed by atoms with van der Waals surface area (Å²) < 4.78 is 4.22. The van der Waals surface area contributed by atoms with E-state index in [1.54, 1.807) is 0 Å². The average Bonchev–Trinajstić information content (AvgIpc) is 2.53. The summed E-state index contributed by atoms with van der Waals surface area (Å²) in [4.78, 5) is 11.1. The molecule has 1 saturated heterocycles. The molecule has 0 bridgehead atoms. The van der Waals surface area contributed by atoms with Gasteiger partial charge in [-0.25, -0.2) is 4.79 Å². The molecule has 1 unspecified atom stereocenters. The third-order valence-electron chi connectivity index (χ3n) is 1.73. The lowest BCUT2D eigenvalue weighted by Crippen LogP contribution is -2.08. The Labute approximate surface area is 85.7 Å². The van der Waals surface area contributed by atoms with E-state index in [2.05, 4.69) is 4.74 Å². The van der Waals surface area contributed by atoms with Gasteiger partial charge in [0, 0.05) is 0 Å².